The maximum absolute atomic E-state index is 15.3. The van der Waals surface area contributed by atoms with E-state index in [4.69, 9.17) is 4.74 Å². The number of methoxy groups -OCH3 is 1. The lowest BCUT2D eigenvalue weighted by molar-refractivity contribution is -0.146. The van der Waals surface area contributed by atoms with Crippen LogP contribution in [0.2, 0.25) is 0 Å². The molecule has 3 aromatic rings. The fourth-order valence-corrected chi connectivity index (χ4v) is 9.69. The van der Waals surface area contributed by atoms with E-state index in [0.717, 1.165) is 16.1 Å². The quantitative estimate of drug-likeness (QED) is 0.211. The SMILES string of the molecule is COc1cc(C2C3=CCC4C(=O)N(C(C)(C)C)C(=O)C4C3CC3C(=O)N(Nc4ccc(C)cc4)C(=O)C32c2ccccc2)c(Br)c(Br)c1O. The van der Waals surface area contributed by atoms with E-state index in [1.54, 1.807) is 6.07 Å². The molecule has 4 amide bonds. The molecule has 0 bridgehead atoms. The van der Waals surface area contributed by atoms with Crippen LogP contribution in [-0.4, -0.2) is 51.3 Å². The zero-order chi connectivity index (χ0) is 35.2. The molecule has 2 N–H and O–H groups in total. The lowest BCUT2D eigenvalue weighted by Gasteiger charge is -2.51. The molecule has 6 unspecified atom stereocenters. The minimum atomic E-state index is -1.45. The summed E-state index contributed by atoms with van der Waals surface area (Å²) in [5.74, 6) is -4.69. The van der Waals surface area contributed by atoms with E-state index >= 15 is 4.79 Å². The van der Waals surface area contributed by atoms with Gasteiger partial charge in [-0.25, -0.2) is 0 Å². The molecule has 2 saturated heterocycles. The number of aromatic hydroxyl groups is 1. The molecule has 3 fully saturated rings. The third-order valence-electron chi connectivity index (χ3n) is 10.8. The van der Waals surface area contributed by atoms with Crippen molar-refractivity contribution in [3.63, 3.8) is 0 Å². The molecule has 1 saturated carbocycles. The van der Waals surface area contributed by atoms with Crippen LogP contribution in [0.5, 0.6) is 11.5 Å². The molecular weight excluding hydrogens is 754 g/mol. The number of hydrogen-bond acceptors (Lipinski definition) is 7. The monoisotopic (exact) mass is 789 g/mol. The van der Waals surface area contributed by atoms with Gasteiger partial charge in [-0.1, -0.05) is 59.7 Å². The summed E-state index contributed by atoms with van der Waals surface area (Å²) in [6.45, 7) is 7.51. The summed E-state index contributed by atoms with van der Waals surface area (Å²) in [6.07, 6.45) is 2.53. The van der Waals surface area contributed by atoms with Crippen molar-refractivity contribution in [2.75, 3.05) is 12.5 Å². The number of phenolic OH excluding ortho intramolecular Hbond substituents is 1. The van der Waals surface area contributed by atoms with E-state index in [9.17, 15) is 19.5 Å². The van der Waals surface area contributed by atoms with Crippen LogP contribution >= 0.6 is 31.9 Å². The maximum Gasteiger partial charge on any atom is 0.260 e. The minimum absolute atomic E-state index is 0.123. The largest absolute Gasteiger partial charge is 0.503 e. The number of halogens is 2. The highest BCUT2D eigenvalue weighted by atomic mass is 79.9. The number of nitrogens with one attached hydrogen (secondary N) is 1. The van der Waals surface area contributed by atoms with Crippen molar-refractivity contribution >= 4 is 61.2 Å². The topological polar surface area (TPSA) is 116 Å². The molecule has 0 spiro atoms. The summed E-state index contributed by atoms with van der Waals surface area (Å²) >= 11 is 7.25. The van der Waals surface area contributed by atoms with Gasteiger partial charge in [-0.15, -0.1) is 0 Å². The smallest absolute Gasteiger partial charge is 0.260 e. The number of benzene rings is 3. The number of allylic oxidation sites excluding steroid dienone is 2. The Labute approximate surface area is 301 Å². The Morgan fingerprint density at radius 3 is 2.22 bits per heavy atom. The highest BCUT2D eigenvalue weighted by Gasteiger charge is 2.71. The fourth-order valence-electron chi connectivity index (χ4n) is 8.73. The van der Waals surface area contributed by atoms with Crippen molar-refractivity contribution in [3.8, 4) is 11.5 Å². The third-order valence-corrected chi connectivity index (χ3v) is 12.9. The van der Waals surface area contributed by atoms with Gasteiger partial charge < -0.3 is 9.84 Å². The molecule has 49 heavy (non-hydrogen) atoms. The van der Waals surface area contributed by atoms with Gasteiger partial charge in [0.1, 0.15) is 0 Å². The Morgan fingerprint density at radius 1 is 0.918 bits per heavy atom. The molecule has 6 atom stereocenters. The van der Waals surface area contributed by atoms with Crippen LogP contribution in [-0.2, 0) is 24.6 Å². The van der Waals surface area contributed by atoms with Gasteiger partial charge in [0.25, 0.3) is 11.8 Å². The Hall–Kier alpha value is -3.96. The summed E-state index contributed by atoms with van der Waals surface area (Å²) in [7, 11) is 1.45. The average Bonchev–Trinajstić information content (AvgIpc) is 3.46. The second-order valence-electron chi connectivity index (χ2n) is 14.4. The predicted octanol–water partition coefficient (Wildman–Crippen LogP) is 7.02. The van der Waals surface area contributed by atoms with E-state index in [2.05, 4.69) is 37.3 Å². The number of hydrogen-bond donors (Lipinski definition) is 2. The summed E-state index contributed by atoms with van der Waals surface area (Å²) in [6, 6.07) is 18.5. The number of amides is 4. The standard InChI is InChI=1S/C38H37Br2N3O6/c1-19-11-13-21(14-12-19)41-43-34(46)26-17-24-22(15-16-23-28(24)35(47)42(33(23)45)37(2,3)4)29(25-18-27(49-5)32(44)31(40)30(25)39)38(26,36(43)48)20-9-7-6-8-10-20/h6-15,18,23-24,26,28-29,41,44H,16-17H2,1-5H3. The minimum Gasteiger partial charge on any atom is -0.503 e. The molecule has 254 valence electrons. The lowest BCUT2D eigenvalue weighted by atomic mass is 9.49. The Kier molecular flexibility index (Phi) is 8.10. The highest BCUT2D eigenvalue weighted by molar-refractivity contribution is 9.13. The average molecular weight is 792 g/mol. The summed E-state index contributed by atoms with van der Waals surface area (Å²) in [5.41, 5.74) is 4.62. The molecule has 11 heteroatoms. The number of aryl methyl sites for hydroxylation is 1. The number of anilines is 1. The van der Waals surface area contributed by atoms with Crippen molar-refractivity contribution in [1.29, 1.82) is 0 Å². The molecule has 2 aliphatic carbocycles. The van der Waals surface area contributed by atoms with Gasteiger partial charge in [0.05, 0.1) is 40.4 Å². The molecule has 2 heterocycles. The van der Waals surface area contributed by atoms with Crippen molar-refractivity contribution < 1.29 is 29.0 Å². The van der Waals surface area contributed by atoms with Gasteiger partial charge in [0.15, 0.2) is 11.5 Å². The van der Waals surface area contributed by atoms with Crippen molar-refractivity contribution in [2.24, 2.45) is 23.7 Å². The van der Waals surface area contributed by atoms with E-state index in [0.29, 0.717) is 32.2 Å². The molecule has 0 aromatic heterocycles. The van der Waals surface area contributed by atoms with Gasteiger partial charge >= 0.3 is 0 Å². The summed E-state index contributed by atoms with van der Waals surface area (Å²) < 4.78 is 6.43. The number of imide groups is 2. The second-order valence-corrected chi connectivity index (χ2v) is 16.0. The van der Waals surface area contributed by atoms with Gasteiger partial charge in [0.2, 0.25) is 11.8 Å². The number of phenols is 1. The van der Waals surface area contributed by atoms with E-state index < -0.39 is 52.4 Å². The Morgan fingerprint density at radius 2 is 1.59 bits per heavy atom. The van der Waals surface area contributed by atoms with E-state index in [1.807, 2.05) is 88.4 Å². The first-order chi connectivity index (χ1) is 23.2. The maximum atomic E-state index is 15.3. The van der Waals surface area contributed by atoms with Crippen molar-refractivity contribution in [2.45, 2.75) is 57.4 Å². The lowest BCUT2D eigenvalue weighted by Crippen LogP contribution is -2.53. The second kappa shape index (κ2) is 11.8. The van der Waals surface area contributed by atoms with Gasteiger partial charge in [-0.2, -0.15) is 5.01 Å². The first kappa shape index (κ1) is 33.5. The predicted molar refractivity (Wildman–Crippen MR) is 190 cm³/mol. The zero-order valence-electron chi connectivity index (χ0n) is 27.8. The Bertz CT molecular complexity index is 1940. The molecule has 2 aliphatic heterocycles. The summed E-state index contributed by atoms with van der Waals surface area (Å²) in [4.78, 5) is 59.7. The normalized spacial score (nSPS) is 27.9. The third kappa shape index (κ3) is 4.82. The van der Waals surface area contributed by atoms with Crippen LogP contribution < -0.4 is 10.2 Å². The van der Waals surface area contributed by atoms with Crippen LogP contribution in [0.1, 0.15) is 56.2 Å². The van der Waals surface area contributed by atoms with E-state index in [-0.39, 0.29) is 29.7 Å². The summed E-state index contributed by atoms with van der Waals surface area (Å²) in [5, 5.41) is 12.1. The number of carbonyl (C=O) groups excluding carboxylic acids is 4. The number of rotatable bonds is 5. The van der Waals surface area contributed by atoms with Crippen LogP contribution in [0, 0.1) is 30.6 Å². The van der Waals surface area contributed by atoms with Gasteiger partial charge in [0, 0.05) is 15.9 Å². The van der Waals surface area contributed by atoms with Crippen LogP contribution in [0.4, 0.5) is 5.69 Å². The van der Waals surface area contributed by atoms with Crippen LogP contribution in [0.15, 0.2) is 81.3 Å². The molecule has 4 aliphatic rings. The highest BCUT2D eigenvalue weighted by Crippen LogP contribution is 2.65. The first-order valence-corrected chi connectivity index (χ1v) is 17.9. The molecule has 0 radical (unpaired) electrons. The van der Waals surface area contributed by atoms with E-state index in [1.165, 1.54) is 12.0 Å². The van der Waals surface area contributed by atoms with Gasteiger partial charge in [-0.05, 0) is 108 Å². The molecular formula is C38H37Br2N3O6. The number of likely N-dealkylation sites (tertiary alicyclic amines) is 1. The molecule has 7 rings (SSSR count). The zero-order valence-corrected chi connectivity index (χ0v) is 31.0. The number of fused-ring (bicyclic) bond motifs is 4. The molecule has 3 aromatic carbocycles. The number of hydrazine groups is 1. The number of nitrogens with zero attached hydrogens (tertiary/aromatic N) is 2. The number of ether oxygens (including phenoxy) is 1. The van der Waals surface area contributed by atoms with Gasteiger partial charge in [-0.3, -0.25) is 29.5 Å². The van der Waals surface area contributed by atoms with Crippen molar-refractivity contribution in [1.82, 2.24) is 9.91 Å². The van der Waals surface area contributed by atoms with Crippen molar-refractivity contribution in [3.05, 3.63) is 97.9 Å². The first-order valence-electron chi connectivity index (χ1n) is 16.3. The van der Waals surface area contributed by atoms with Crippen LogP contribution in [0.25, 0.3) is 0 Å². The fraction of sp³-hybridized carbons (Fsp3) is 0.368. The Balaban J connectivity index is 1.50. The molecule has 9 nitrogen and oxygen atoms in total. The number of carbonyl (C=O) groups is 4. The van der Waals surface area contributed by atoms with Crippen LogP contribution in [0.3, 0.4) is 0 Å².